The molecule has 0 saturated carbocycles. The van der Waals surface area contributed by atoms with Crippen molar-refractivity contribution in [2.24, 2.45) is 0 Å². The van der Waals surface area contributed by atoms with Gasteiger partial charge in [-0.3, -0.25) is 0 Å². The second kappa shape index (κ2) is 4.76. The van der Waals surface area contributed by atoms with Crippen LogP contribution in [0, 0.1) is 0 Å². The summed E-state index contributed by atoms with van der Waals surface area (Å²) in [4.78, 5) is 3.75. The molecule has 1 aromatic heterocycles. The molecule has 0 spiro atoms. The highest BCUT2D eigenvalue weighted by molar-refractivity contribution is 5.45. The van der Waals surface area contributed by atoms with E-state index in [0.29, 0.717) is 13.2 Å². The molecule has 1 N–H and O–H groups in total. The van der Waals surface area contributed by atoms with Crippen molar-refractivity contribution >= 4 is 5.82 Å². The minimum atomic E-state index is -4.39. The third kappa shape index (κ3) is 2.93. The number of pyridine rings is 1. The van der Waals surface area contributed by atoms with Gasteiger partial charge in [-0.1, -0.05) is 0 Å². The van der Waals surface area contributed by atoms with Gasteiger partial charge < -0.3 is 10.1 Å². The van der Waals surface area contributed by atoms with Crippen LogP contribution in [0.15, 0.2) is 18.3 Å². The molecule has 0 aromatic carbocycles. The van der Waals surface area contributed by atoms with Gasteiger partial charge >= 0.3 is 6.18 Å². The number of anilines is 1. The van der Waals surface area contributed by atoms with Crippen LogP contribution in [0.3, 0.4) is 0 Å². The summed E-state index contributed by atoms with van der Waals surface area (Å²) in [6, 6.07) is 2.30. The topological polar surface area (TPSA) is 34.2 Å². The van der Waals surface area contributed by atoms with Crippen LogP contribution >= 0.6 is 0 Å². The second-order valence-electron chi connectivity index (χ2n) is 4.65. The summed E-state index contributed by atoms with van der Waals surface area (Å²) in [6.45, 7) is 2.88. The van der Waals surface area contributed by atoms with Crippen molar-refractivity contribution in [3.63, 3.8) is 0 Å². The van der Waals surface area contributed by atoms with Crippen LogP contribution in [0.2, 0.25) is 0 Å². The summed E-state index contributed by atoms with van der Waals surface area (Å²) < 4.78 is 43.7. The van der Waals surface area contributed by atoms with E-state index in [9.17, 15) is 13.2 Å². The van der Waals surface area contributed by atoms with Crippen LogP contribution in [0.4, 0.5) is 19.0 Å². The highest BCUT2D eigenvalue weighted by atomic mass is 19.4. The number of hydrogen-bond acceptors (Lipinski definition) is 3. The van der Waals surface area contributed by atoms with Crippen molar-refractivity contribution in [2.45, 2.75) is 31.5 Å². The highest BCUT2D eigenvalue weighted by Gasteiger charge is 2.35. The second-order valence-corrected chi connectivity index (χ2v) is 4.65. The molecule has 1 unspecified atom stereocenters. The Hall–Kier alpha value is -1.30. The summed E-state index contributed by atoms with van der Waals surface area (Å²) in [5.74, 6) is -0.137. The Morgan fingerprint density at radius 1 is 1.50 bits per heavy atom. The van der Waals surface area contributed by atoms with Gasteiger partial charge in [0, 0.05) is 19.3 Å². The van der Waals surface area contributed by atoms with Crippen molar-refractivity contribution in [3.8, 4) is 0 Å². The van der Waals surface area contributed by atoms with Crippen LogP contribution in [-0.4, -0.2) is 23.7 Å². The molecule has 1 aliphatic heterocycles. The lowest BCUT2D eigenvalue weighted by Gasteiger charge is -2.24. The monoisotopic (exact) mass is 260 g/mol. The summed E-state index contributed by atoms with van der Waals surface area (Å²) in [5.41, 5.74) is -1.15. The Morgan fingerprint density at radius 2 is 2.28 bits per heavy atom. The largest absolute Gasteiger partial charge is 0.419 e. The van der Waals surface area contributed by atoms with Crippen molar-refractivity contribution in [1.29, 1.82) is 0 Å². The average Bonchev–Trinajstić information content (AvgIpc) is 2.73. The van der Waals surface area contributed by atoms with Crippen molar-refractivity contribution in [3.05, 3.63) is 23.9 Å². The normalized spacial score (nSPS) is 24.2. The number of ether oxygens (including phenoxy) is 1. The molecule has 1 aliphatic rings. The number of nitrogens with one attached hydrogen (secondary N) is 1. The predicted molar refractivity (Wildman–Crippen MR) is 61.3 cm³/mol. The summed E-state index contributed by atoms with van der Waals surface area (Å²) in [5, 5.41) is 2.75. The van der Waals surface area contributed by atoms with E-state index in [1.54, 1.807) is 0 Å². The summed E-state index contributed by atoms with van der Waals surface area (Å²) >= 11 is 0. The quantitative estimate of drug-likeness (QED) is 0.906. The van der Waals surface area contributed by atoms with Crippen molar-refractivity contribution in [2.75, 3.05) is 18.5 Å². The summed E-state index contributed by atoms with van der Waals surface area (Å²) in [6.07, 6.45) is -1.27. The smallest absolute Gasteiger partial charge is 0.373 e. The van der Waals surface area contributed by atoms with Crippen LogP contribution in [0.1, 0.15) is 25.3 Å². The van der Waals surface area contributed by atoms with Gasteiger partial charge in [0.05, 0.1) is 11.2 Å². The molecule has 0 radical (unpaired) electrons. The van der Waals surface area contributed by atoms with Crippen molar-refractivity contribution < 1.29 is 17.9 Å². The Morgan fingerprint density at radius 3 is 2.89 bits per heavy atom. The lowest BCUT2D eigenvalue weighted by atomic mass is 10.0. The number of nitrogens with zero attached hydrogens (tertiary/aromatic N) is 1. The maximum Gasteiger partial charge on any atom is 0.419 e. The summed E-state index contributed by atoms with van der Waals surface area (Å²) in [7, 11) is 0. The van der Waals surface area contributed by atoms with E-state index in [4.69, 9.17) is 4.74 Å². The molecule has 3 nitrogen and oxygen atoms in total. The predicted octanol–water partition coefficient (Wildman–Crippen LogP) is 3.08. The highest BCUT2D eigenvalue weighted by Crippen LogP contribution is 2.34. The Labute approximate surface area is 103 Å². The molecule has 0 bridgehead atoms. The maximum absolute atomic E-state index is 12.7. The van der Waals surface area contributed by atoms with Gasteiger partial charge in [0.1, 0.15) is 5.82 Å². The van der Waals surface area contributed by atoms with E-state index >= 15 is 0 Å². The number of halogens is 3. The molecule has 2 rings (SSSR count). The minimum absolute atomic E-state index is 0.137. The van der Waals surface area contributed by atoms with Gasteiger partial charge in [-0.25, -0.2) is 4.98 Å². The zero-order chi connectivity index (χ0) is 13.2. The number of aromatic nitrogens is 1. The first kappa shape index (κ1) is 13.1. The number of alkyl halides is 3. The fraction of sp³-hybridized carbons (Fsp3) is 0.583. The molecule has 1 aromatic rings. The first-order valence-electron chi connectivity index (χ1n) is 5.81. The van der Waals surface area contributed by atoms with E-state index in [1.165, 1.54) is 12.3 Å². The Balaban J connectivity index is 2.10. The Bertz CT molecular complexity index is 414. The molecule has 0 amide bonds. The van der Waals surface area contributed by atoms with Crippen LogP contribution in [0.25, 0.3) is 0 Å². The van der Waals surface area contributed by atoms with E-state index in [0.717, 1.165) is 18.9 Å². The van der Waals surface area contributed by atoms with Crippen LogP contribution < -0.4 is 5.32 Å². The fourth-order valence-corrected chi connectivity index (χ4v) is 2.02. The molecule has 1 saturated heterocycles. The van der Waals surface area contributed by atoms with E-state index in [2.05, 4.69) is 10.3 Å². The third-order valence-corrected chi connectivity index (χ3v) is 3.04. The van der Waals surface area contributed by atoms with E-state index in [1.807, 2.05) is 6.92 Å². The van der Waals surface area contributed by atoms with E-state index < -0.39 is 17.3 Å². The zero-order valence-electron chi connectivity index (χ0n) is 10.0. The average molecular weight is 260 g/mol. The molecule has 18 heavy (non-hydrogen) atoms. The van der Waals surface area contributed by atoms with Crippen LogP contribution in [-0.2, 0) is 10.9 Å². The van der Waals surface area contributed by atoms with Gasteiger partial charge in [-0.15, -0.1) is 0 Å². The number of rotatable bonds is 3. The van der Waals surface area contributed by atoms with Gasteiger partial charge in [0.15, 0.2) is 0 Å². The van der Waals surface area contributed by atoms with E-state index in [-0.39, 0.29) is 5.82 Å². The van der Waals surface area contributed by atoms with Gasteiger partial charge in [0.2, 0.25) is 0 Å². The third-order valence-electron chi connectivity index (χ3n) is 3.04. The van der Waals surface area contributed by atoms with Gasteiger partial charge in [-0.2, -0.15) is 13.2 Å². The lowest BCUT2D eigenvalue weighted by molar-refractivity contribution is -0.137. The maximum atomic E-state index is 12.7. The number of hydrogen-bond donors (Lipinski definition) is 1. The first-order chi connectivity index (χ1) is 8.41. The molecule has 6 heteroatoms. The molecule has 2 heterocycles. The first-order valence-corrected chi connectivity index (χ1v) is 5.81. The SMILES string of the molecule is CC1(CNc2ncccc2C(F)(F)F)CCCO1. The van der Waals surface area contributed by atoms with Crippen LogP contribution in [0.5, 0.6) is 0 Å². The molecule has 100 valence electrons. The molecule has 1 fully saturated rings. The van der Waals surface area contributed by atoms with Gasteiger partial charge in [-0.05, 0) is 31.9 Å². The minimum Gasteiger partial charge on any atom is -0.373 e. The molecular formula is C12H15F3N2O. The Kier molecular flexibility index (Phi) is 3.47. The van der Waals surface area contributed by atoms with Crippen molar-refractivity contribution in [1.82, 2.24) is 4.98 Å². The standard InChI is InChI=1S/C12H15F3N2O/c1-11(5-3-7-18-11)8-17-10-9(12(13,14)15)4-2-6-16-10/h2,4,6H,3,5,7-8H2,1H3,(H,16,17). The fourth-order valence-electron chi connectivity index (χ4n) is 2.02. The molecule has 0 aliphatic carbocycles. The molecular weight excluding hydrogens is 245 g/mol. The molecule has 1 atom stereocenters. The van der Waals surface area contributed by atoms with Gasteiger partial charge in [0.25, 0.3) is 0 Å². The lowest BCUT2D eigenvalue weighted by Crippen LogP contribution is -2.33. The zero-order valence-corrected chi connectivity index (χ0v) is 10.0.